The van der Waals surface area contributed by atoms with Crippen LogP contribution in [0.2, 0.25) is 0 Å². The van der Waals surface area contributed by atoms with Gasteiger partial charge in [0.1, 0.15) is 5.52 Å². The number of oxazole rings is 1. The van der Waals surface area contributed by atoms with Gasteiger partial charge in [-0.3, -0.25) is 14.9 Å². The molecule has 202 valence electrons. The van der Waals surface area contributed by atoms with Gasteiger partial charge < -0.3 is 33.6 Å². The zero-order chi connectivity index (χ0) is 27.5. The number of amides is 1. The number of nitrogens with one attached hydrogen (secondary N) is 1. The van der Waals surface area contributed by atoms with Crippen LogP contribution in [0, 0.1) is 10.1 Å². The fourth-order valence-corrected chi connectivity index (χ4v) is 4.43. The highest BCUT2D eigenvalue weighted by molar-refractivity contribution is 6.09. The Morgan fingerprint density at radius 2 is 1.72 bits per heavy atom. The smallest absolute Gasteiger partial charge is 0.270 e. The zero-order valence-electron chi connectivity index (χ0n) is 21.6. The average Bonchev–Trinajstić information content (AvgIpc) is 3.40. The number of rotatable bonds is 8. The summed E-state index contributed by atoms with van der Waals surface area (Å²) in [7, 11) is 4.56. The first kappa shape index (κ1) is 25.8. The second kappa shape index (κ2) is 10.9. The van der Waals surface area contributed by atoms with Gasteiger partial charge in [0.15, 0.2) is 17.1 Å². The molecule has 2 heterocycles. The number of nitrogens with zero attached hydrogens (tertiary/aromatic N) is 3. The number of nitro benzene ring substituents is 1. The van der Waals surface area contributed by atoms with Gasteiger partial charge >= 0.3 is 0 Å². The number of benzene rings is 3. The van der Waals surface area contributed by atoms with Crippen LogP contribution in [-0.2, 0) is 4.74 Å². The van der Waals surface area contributed by atoms with Crippen LogP contribution in [0.15, 0.2) is 52.9 Å². The van der Waals surface area contributed by atoms with Crippen LogP contribution in [0.1, 0.15) is 10.4 Å². The molecule has 0 spiro atoms. The normalized spacial score (nSPS) is 13.3. The van der Waals surface area contributed by atoms with E-state index in [0.29, 0.717) is 77.5 Å². The summed E-state index contributed by atoms with van der Waals surface area (Å²) in [5.74, 6) is 1.20. The fraction of sp³-hybridized carbons (Fsp3) is 0.259. The maximum atomic E-state index is 13.3. The van der Waals surface area contributed by atoms with Crippen molar-refractivity contribution in [3.8, 4) is 28.7 Å². The molecule has 0 bridgehead atoms. The summed E-state index contributed by atoms with van der Waals surface area (Å²) < 4.78 is 27.6. The highest BCUT2D eigenvalue weighted by Gasteiger charge is 2.23. The molecule has 1 aliphatic heterocycles. The SMILES string of the molecule is COc1cc(-c2nc3cc(NC(=O)c4cc([N+](=O)[O-])ccc4N4CCOCC4)ccc3o2)cc(OC)c1OC. The van der Waals surface area contributed by atoms with Crippen LogP contribution in [0.4, 0.5) is 17.1 Å². The van der Waals surface area contributed by atoms with Gasteiger partial charge in [-0.2, -0.15) is 0 Å². The van der Waals surface area contributed by atoms with Crippen molar-refractivity contribution < 1.29 is 33.1 Å². The van der Waals surface area contributed by atoms with E-state index in [4.69, 9.17) is 23.4 Å². The summed E-state index contributed by atoms with van der Waals surface area (Å²) in [4.78, 5) is 30.8. The highest BCUT2D eigenvalue weighted by Crippen LogP contribution is 2.41. The van der Waals surface area contributed by atoms with Crippen molar-refractivity contribution in [1.82, 2.24) is 4.98 Å². The van der Waals surface area contributed by atoms with E-state index in [9.17, 15) is 14.9 Å². The van der Waals surface area contributed by atoms with Crippen molar-refractivity contribution in [2.45, 2.75) is 0 Å². The Kier molecular flexibility index (Phi) is 7.19. The molecule has 12 nitrogen and oxygen atoms in total. The standard InChI is InChI=1S/C27H26N4O8/c1-35-23-12-16(13-24(36-2)25(23)37-3)27-29-20-14-17(4-7-22(20)39-27)28-26(32)19-15-18(31(33)34)5-6-21(19)30-8-10-38-11-9-30/h4-7,12-15H,8-11H2,1-3H3,(H,28,32). The number of carbonyl (C=O) groups excluding carboxylic acids is 1. The number of aromatic nitrogens is 1. The third kappa shape index (κ3) is 5.14. The van der Waals surface area contributed by atoms with Gasteiger partial charge in [-0.05, 0) is 36.4 Å². The van der Waals surface area contributed by atoms with E-state index in [1.165, 1.54) is 33.5 Å². The van der Waals surface area contributed by atoms with Crippen molar-refractivity contribution in [2.75, 3.05) is 57.8 Å². The molecule has 0 unspecified atom stereocenters. The van der Waals surface area contributed by atoms with Gasteiger partial charge in [-0.15, -0.1) is 0 Å². The third-order valence-electron chi connectivity index (χ3n) is 6.34. The van der Waals surface area contributed by atoms with E-state index in [1.807, 2.05) is 4.90 Å². The quantitative estimate of drug-likeness (QED) is 0.254. The summed E-state index contributed by atoms with van der Waals surface area (Å²) in [5.41, 5.74) is 2.71. The topological polar surface area (TPSA) is 138 Å². The van der Waals surface area contributed by atoms with E-state index in [-0.39, 0.29) is 11.3 Å². The number of fused-ring (bicyclic) bond motifs is 1. The van der Waals surface area contributed by atoms with Crippen LogP contribution in [0.25, 0.3) is 22.6 Å². The van der Waals surface area contributed by atoms with Crippen LogP contribution >= 0.6 is 0 Å². The fourth-order valence-electron chi connectivity index (χ4n) is 4.43. The monoisotopic (exact) mass is 534 g/mol. The van der Waals surface area contributed by atoms with E-state index in [1.54, 1.807) is 36.4 Å². The Bertz CT molecular complexity index is 1520. The van der Waals surface area contributed by atoms with Crippen LogP contribution in [-0.4, -0.2) is 63.4 Å². The Morgan fingerprint density at radius 1 is 1.00 bits per heavy atom. The Hall–Kier alpha value is -4.84. The molecule has 1 aromatic heterocycles. The molecule has 1 amide bonds. The first-order valence-corrected chi connectivity index (χ1v) is 12.0. The summed E-state index contributed by atoms with van der Waals surface area (Å²) in [5, 5.41) is 14.2. The molecule has 1 saturated heterocycles. The van der Waals surface area contributed by atoms with E-state index in [2.05, 4.69) is 10.3 Å². The van der Waals surface area contributed by atoms with Gasteiger partial charge in [0.25, 0.3) is 11.6 Å². The van der Waals surface area contributed by atoms with Crippen molar-refractivity contribution >= 4 is 34.1 Å². The summed E-state index contributed by atoms with van der Waals surface area (Å²) in [6.07, 6.45) is 0. The molecular formula is C27H26N4O8. The van der Waals surface area contributed by atoms with Crippen molar-refractivity contribution in [1.29, 1.82) is 0 Å². The lowest BCUT2D eigenvalue weighted by molar-refractivity contribution is -0.384. The molecule has 3 aromatic carbocycles. The lowest BCUT2D eigenvalue weighted by atomic mass is 10.1. The number of non-ortho nitro benzene ring substituents is 1. The maximum absolute atomic E-state index is 13.3. The second-order valence-electron chi connectivity index (χ2n) is 8.63. The Balaban J connectivity index is 1.45. The predicted octanol–water partition coefficient (Wildman–Crippen LogP) is 4.52. The number of methoxy groups -OCH3 is 3. The van der Waals surface area contributed by atoms with Crippen molar-refractivity contribution in [2.24, 2.45) is 0 Å². The van der Waals surface area contributed by atoms with Crippen molar-refractivity contribution in [3.05, 3.63) is 64.2 Å². The molecule has 0 atom stereocenters. The molecule has 12 heteroatoms. The first-order chi connectivity index (χ1) is 18.9. The maximum Gasteiger partial charge on any atom is 0.270 e. The predicted molar refractivity (Wildman–Crippen MR) is 143 cm³/mol. The molecule has 39 heavy (non-hydrogen) atoms. The largest absolute Gasteiger partial charge is 0.493 e. The molecule has 1 aliphatic rings. The third-order valence-corrected chi connectivity index (χ3v) is 6.34. The number of carbonyl (C=O) groups is 1. The number of nitro groups is 1. The minimum absolute atomic E-state index is 0.167. The lowest BCUT2D eigenvalue weighted by Crippen LogP contribution is -2.37. The Labute approximate surface area is 223 Å². The van der Waals surface area contributed by atoms with E-state index >= 15 is 0 Å². The van der Waals surface area contributed by atoms with Gasteiger partial charge in [0.05, 0.1) is 50.7 Å². The first-order valence-electron chi connectivity index (χ1n) is 12.0. The van der Waals surface area contributed by atoms with Crippen LogP contribution in [0.5, 0.6) is 17.2 Å². The van der Waals surface area contributed by atoms with E-state index < -0.39 is 10.8 Å². The zero-order valence-corrected chi connectivity index (χ0v) is 21.6. The number of ether oxygens (including phenoxy) is 4. The molecule has 0 aliphatic carbocycles. The number of hydrogen-bond donors (Lipinski definition) is 1. The highest BCUT2D eigenvalue weighted by atomic mass is 16.6. The van der Waals surface area contributed by atoms with Crippen LogP contribution in [0.3, 0.4) is 0 Å². The molecule has 0 saturated carbocycles. The molecule has 0 radical (unpaired) electrons. The second-order valence-corrected chi connectivity index (χ2v) is 8.63. The number of anilines is 2. The molecular weight excluding hydrogens is 508 g/mol. The van der Waals surface area contributed by atoms with Crippen molar-refractivity contribution in [3.63, 3.8) is 0 Å². The number of hydrogen-bond acceptors (Lipinski definition) is 10. The van der Waals surface area contributed by atoms with Gasteiger partial charge in [-0.1, -0.05) is 0 Å². The van der Waals surface area contributed by atoms with E-state index in [0.717, 1.165) is 0 Å². The number of morpholine rings is 1. The van der Waals surface area contributed by atoms with Gasteiger partial charge in [-0.25, -0.2) is 4.98 Å². The summed E-state index contributed by atoms with van der Waals surface area (Å²) in [6.45, 7) is 2.17. The lowest BCUT2D eigenvalue weighted by Gasteiger charge is -2.30. The molecule has 1 fully saturated rings. The van der Waals surface area contributed by atoms with Crippen LogP contribution < -0.4 is 24.4 Å². The summed E-state index contributed by atoms with van der Waals surface area (Å²) >= 11 is 0. The van der Waals surface area contributed by atoms with Gasteiger partial charge in [0, 0.05) is 36.5 Å². The summed E-state index contributed by atoms with van der Waals surface area (Å²) in [6, 6.07) is 12.8. The van der Waals surface area contributed by atoms with Gasteiger partial charge in [0.2, 0.25) is 11.6 Å². The molecule has 1 N–H and O–H groups in total. The molecule has 4 aromatic rings. The minimum Gasteiger partial charge on any atom is -0.493 e. The Morgan fingerprint density at radius 3 is 2.36 bits per heavy atom. The minimum atomic E-state index is -0.522. The molecule has 5 rings (SSSR count). The average molecular weight is 535 g/mol.